The van der Waals surface area contributed by atoms with Crippen molar-refractivity contribution in [2.45, 2.75) is 13.8 Å². The zero-order valence-corrected chi connectivity index (χ0v) is 14.8. The van der Waals surface area contributed by atoms with E-state index in [2.05, 4.69) is 0 Å². The van der Waals surface area contributed by atoms with Crippen molar-refractivity contribution in [3.63, 3.8) is 0 Å². The molecule has 1 aliphatic rings. The average Bonchev–Trinajstić information content (AvgIpc) is 3.07. The number of Topliss-reactive ketones (excluding diaryl/α,β-unsaturated/α-hetero) is 2. The fourth-order valence-corrected chi connectivity index (χ4v) is 4.47. The van der Waals surface area contributed by atoms with Crippen molar-refractivity contribution in [1.82, 2.24) is 0 Å². The lowest BCUT2D eigenvalue weighted by Crippen LogP contribution is -2.19. The maximum atomic E-state index is 13.0. The van der Waals surface area contributed by atoms with E-state index in [4.69, 9.17) is 0 Å². The largest absolute Gasteiger partial charge is 0.289 e. The van der Waals surface area contributed by atoms with Gasteiger partial charge >= 0.3 is 0 Å². The van der Waals surface area contributed by atoms with Crippen LogP contribution in [0.4, 0.5) is 0 Å². The number of benzene rings is 2. The zero-order chi connectivity index (χ0) is 17.6. The van der Waals surface area contributed by atoms with Crippen LogP contribution in [0, 0.1) is 0 Å². The smallest absolute Gasteiger partial charge is 0.191 e. The van der Waals surface area contributed by atoms with Gasteiger partial charge in [-0.05, 0) is 25.0 Å². The molecule has 0 saturated heterocycles. The van der Waals surface area contributed by atoms with Crippen LogP contribution in [0.5, 0.6) is 0 Å². The summed E-state index contributed by atoms with van der Waals surface area (Å²) >= 11 is 1.52. The van der Waals surface area contributed by atoms with E-state index in [0.29, 0.717) is 22.3 Å². The molecule has 0 aliphatic heterocycles. The quantitative estimate of drug-likeness (QED) is 0.589. The van der Waals surface area contributed by atoms with Gasteiger partial charge in [-0.2, -0.15) is 0 Å². The van der Waals surface area contributed by atoms with Crippen molar-refractivity contribution < 1.29 is 9.59 Å². The van der Waals surface area contributed by atoms with Crippen LogP contribution >= 0.6 is 11.3 Å². The molecule has 3 heteroatoms. The molecule has 0 fully saturated rings. The third-order valence-electron chi connectivity index (χ3n) is 4.68. The summed E-state index contributed by atoms with van der Waals surface area (Å²) in [5, 5.41) is 0. The van der Waals surface area contributed by atoms with Crippen LogP contribution in [-0.4, -0.2) is 11.6 Å². The highest BCUT2D eigenvalue weighted by atomic mass is 32.1. The second-order valence-corrected chi connectivity index (χ2v) is 7.17. The van der Waals surface area contributed by atoms with E-state index in [0.717, 1.165) is 20.9 Å². The zero-order valence-electron chi connectivity index (χ0n) is 14.0. The van der Waals surface area contributed by atoms with Crippen LogP contribution in [0.1, 0.15) is 34.6 Å². The van der Waals surface area contributed by atoms with Gasteiger partial charge < -0.3 is 0 Å². The summed E-state index contributed by atoms with van der Waals surface area (Å²) in [7, 11) is 0. The number of ketones is 2. The number of allylic oxidation sites excluding steroid dienone is 2. The van der Waals surface area contributed by atoms with Crippen LogP contribution in [0.2, 0.25) is 0 Å². The Kier molecular flexibility index (Phi) is 3.74. The van der Waals surface area contributed by atoms with Gasteiger partial charge in [0.15, 0.2) is 11.6 Å². The number of carbonyl (C=O) groups excluding carboxylic acids is 2. The van der Waals surface area contributed by atoms with E-state index >= 15 is 0 Å². The van der Waals surface area contributed by atoms with Gasteiger partial charge in [-0.15, -0.1) is 11.3 Å². The first-order valence-corrected chi connectivity index (χ1v) is 8.95. The number of fused-ring (bicyclic) bond motifs is 1. The highest BCUT2D eigenvalue weighted by Gasteiger charge is 2.35. The lowest BCUT2D eigenvalue weighted by molar-refractivity contribution is 0.0976. The van der Waals surface area contributed by atoms with E-state index in [-0.39, 0.29) is 11.6 Å². The molecule has 0 amide bonds. The molecule has 2 aromatic carbocycles. The highest BCUT2D eigenvalue weighted by Crippen LogP contribution is 2.46. The maximum absolute atomic E-state index is 13.0. The summed E-state index contributed by atoms with van der Waals surface area (Å²) in [5.41, 5.74) is 4.16. The lowest BCUT2D eigenvalue weighted by Gasteiger charge is -2.16. The van der Waals surface area contributed by atoms with E-state index in [9.17, 15) is 9.59 Å². The van der Waals surface area contributed by atoms with Gasteiger partial charge in [-0.1, -0.05) is 60.7 Å². The monoisotopic (exact) mass is 344 g/mol. The van der Waals surface area contributed by atoms with Gasteiger partial charge in [0, 0.05) is 20.9 Å². The first-order valence-electron chi connectivity index (χ1n) is 8.14. The normalized spacial score (nSPS) is 14.0. The van der Waals surface area contributed by atoms with E-state index < -0.39 is 0 Å². The van der Waals surface area contributed by atoms with Crippen LogP contribution in [0.3, 0.4) is 0 Å². The summed E-state index contributed by atoms with van der Waals surface area (Å²) in [6.45, 7) is 3.49. The van der Waals surface area contributed by atoms with E-state index in [1.165, 1.54) is 11.3 Å². The Bertz CT molecular complexity index is 943. The molecule has 0 bridgehead atoms. The maximum Gasteiger partial charge on any atom is 0.191 e. The Balaban J connectivity index is 2.07. The van der Waals surface area contributed by atoms with Crippen molar-refractivity contribution in [2.75, 3.05) is 0 Å². The third-order valence-corrected chi connectivity index (χ3v) is 5.97. The van der Waals surface area contributed by atoms with Gasteiger partial charge in [-0.25, -0.2) is 0 Å². The molecule has 1 aromatic heterocycles. The van der Waals surface area contributed by atoms with Crippen molar-refractivity contribution in [2.24, 2.45) is 0 Å². The fraction of sp³-hybridized carbons (Fsp3) is 0.0909. The molecule has 0 spiro atoms. The second-order valence-electron chi connectivity index (χ2n) is 6.15. The van der Waals surface area contributed by atoms with Gasteiger partial charge in [0.05, 0.1) is 11.1 Å². The van der Waals surface area contributed by atoms with Crippen molar-refractivity contribution >= 4 is 22.9 Å². The Labute approximate surface area is 150 Å². The molecule has 0 N–H and O–H groups in total. The first kappa shape index (κ1) is 15.7. The minimum atomic E-state index is -0.0376. The molecular weight excluding hydrogens is 328 g/mol. The van der Waals surface area contributed by atoms with Gasteiger partial charge in [0.2, 0.25) is 0 Å². The summed E-state index contributed by atoms with van der Waals surface area (Å²) in [4.78, 5) is 27.8. The molecule has 0 radical (unpaired) electrons. The molecule has 0 unspecified atom stereocenters. The summed E-state index contributed by atoms with van der Waals surface area (Å²) in [6, 6.07) is 19.6. The predicted molar refractivity (Wildman–Crippen MR) is 102 cm³/mol. The Morgan fingerprint density at radius 2 is 0.960 bits per heavy atom. The number of thiophene rings is 1. The summed E-state index contributed by atoms with van der Waals surface area (Å²) in [6.07, 6.45) is 0. The Morgan fingerprint density at radius 1 is 0.600 bits per heavy atom. The molecule has 1 aliphatic carbocycles. The molecule has 122 valence electrons. The Hall–Kier alpha value is -2.78. The van der Waals surface area contributed by atoms with Crippen LogP contribution in [-0.2, 0) is 0 Å². The summed E-state index contributed by atoms with van der Waals surface area (Å²) < 4.78 is 0. The molecule has 25 heavy (non-hydrogen) atoms. The minimum Gasteiger partial charge on any atom is -0.289 e. The van der Waals surface area contributed by atoms with Gasteiger partial charge in [0.1, 0.15) is 0 Å². The van der Waals surface area contributed by atoms with Crippen LogP contribution < -0.4 is 0 Å². The van der Waals surface area contributed by atoms with Crippen molar-refractivity contribution in [3.8, 4) is 20.9 Å². The summed E-state index contributed by atoms with van der Waals surface area (Å²) in [5.74, 6) is -0.0752. The predicted octanol–water partition coefficient (Wildman–Crippen LogP) is 5.80. The van der Waals surface area contributed by atoms with Crippen LogP contribution in [0.15, 0.2) is 71.8 Å². The topological polar surface area (TPSA) is 34.1 Å². The molecule has 4 rings (SSSR count). The van der Waals surface area contributed by atoms with Gasteiger partial charge in [-0.3, -0.25) is 9.59 Å². The number of hydrogen-bond acceptors (Lipinski definition) is 3. The second kappa shape index (κ2) is 5.94. The minimum absolute atomic E-state index is 0.0376. The number of hydrogen-bond donors (Lipinski definition) is 0. The third kappa shape index (κ3) is 2.39. The average molecular weight is 344 g/mol. The lowest BCUT2D eigenvalue weighted by atomic mass is 9.84. The SMILES string of the molecule is CC1=C(C)C(=O)c2c(-c3ccccc3)sc(-c3ccccc3)c2C1=O. The molecule has 1 heterocycles. The number of rotatable bonds is 2. The van der Waals surface area contributed by atoms with E-state index in [1.54, 1.807) is 13.8 Å². The molecule has 3 aromatic rings. The molecule has 0 saturated carbocycles. The van der Waals surface area contributed by atoms with Crippen molar-refractivity contribution in [3.05, 3.63) is 82.9 Å². The van der Waals surface area contributed by atoms with Gasteiger partial charge in [0.25, 0.3) is 0 Å². The van der Waals surface area contributed by atoms with E-state index in [1.807, 2.05) is 60.7 Å². The standard InChI is InChI=1S/C22H16O2S/c1-13-14(2)20(24)18-17(19(13)23)21(15-9-5-3-6-10-15)25-22(18)16-11-7-4-8-12-16/h3-12H,1-2H3. The van der Waals surface area contributed by atoms with Crippen molar-refractivity contribution in [1.29, 1.82) is 0 Å². The molecular formula is C22H16O2S. The number of carbonyl (C=O) groups is 2. The first-order chi connectivity index (χ1) is 12.1. The van der Waals surface area contributed by atoms with Crippen LogP contribution in [0.25, 0.3) is 20.9 Å². The fourth-order valence-electron chi connectivity index (χ4n) is 3.17. The molecule has 2 nitrogen and oxygen atoms in total. The molecule has 0 atom stereocenters. The Morgan fingerprint density at radius 3 is 1.32 bits per heavy atom. The highest BCUT2D eigenvalue weighted by molar-refractivity contribution is 7.20.